The summed E-state index contributed by atoms with van der Waals surface area (Å²) in [5.41, 5.74) is 3.25. The summed E-state index contributed by atoms with van der Waals surface area (Å²) in [5.74, 6) is 0. The molecule has 0 N–H and O–H groups in total. The van der Waals surface area contributed by atoms with E-state index >= 15 is 0 Å². The van der Waals surface area contributed by atoms with E-state index in [9.17, 15) is 0 Å². The molecule has 0 bridgehead atoms. The number of benzene rings is 2. The summed E-state index contributed by atoms with van der Waals surface area (Å²) in [6, 6.07) is 13.7. The van der Waals surface area contributed by atoms with Crippen LogP contribution in [0.5, 0.6) is 0 Å². The highest BCUT2D eigenvalue weighted by Gasteiger charge is 2.19. The topological polar surface area (TPSA) is 0 Å². The van der Waals surface area contributed by atoms with Crippen molar-refractivity contribution in [2.75, 3.05) is 6.16 Å². The van der Waals surface area contributed by atoms with Crippen LogP contribution in [0.1, 0.15) is 45.7 Å². The number of hydrogen-bond donors (Lipinski definition) is 0. The van der Waals surface area contributed by atoms with Gasteiger partial charge in [-0.05, 0) is 38.9 Å². The smallest absolute Gasteiger partial charge is 0.00689 e. The van der Waals surface area contributed by atoms with E-state index in [1.54, 1.807) is 0 Å². The lowest BCUT2D eigenvalue weighted by Crippen LogP contribution is -2.18. The predicted molar refractivity (Wildman–Crippen MR) is 90.3 cm³/mol. The van der Waals surface area contributed by atoms with Gasteiger partial charge in [0.2, 0.25) is 0 Å². The third kappa shape index (κ3) is 3.00. The van der Waals surface area contributed by atoms with Crippen LogP contribution in [0.25, 0.3) is 10.8 Å². The lowest BCUT2D eigenvalue weighted by molar-refractivity contribution is 0.591. The summed E-state index contributed by atoms with van der Waals surface area (Å²) in [7, 11) is 2.86. The Kier molecular flexibility index (Phi) is 3.76. The summed E-state index contributed by atoms with van der Waals surface area (Å²) >= 11 is 0. The molecule has 0 amide bonds. The minimum Gasteiger partial charge on any atom is -0.137 e. The quantitative estimate of drug-likeness (QED) is 0.652. The molecule has 0 saturated heterocycles. The van der Waals surface area contributed by atoms with Gasteiger partial charge in [0, 0.05) is 0 Å². The Morgan fingerprint density at radius 2 is 1.26 bits per heavy atom. The van der Waals surface area contributed by atoms with Gasteiger partial charge in [0.05, 0.1) is 0 Å². The molecule has 1 heteroatoms. The van der Waals surface area contributed by atoms with Crippen molar-refractivity contribution in [1.29, 1.82) is 0 Å². The molecule has 0 aliphatic heterocycles. The van der Waals surface area contributed by atoms with Crippen LogP contribution in [0.2, 0.25) is 0 Å². The first-order valence-corrected chi connectivity index (χ1v) is 7.80. The summed E-state index contributed by atoms with van der Waals surface area (Å²) in [6.45, 7) is 11.4. The van der Waals surface area contributed by atoms with Gasteiger partial charge < -0.3 is 0 Å². The zero-order valence-electron chi connectivity index (χ0n) is 12.7. The SMILES string of the molecule is CC(C)(C)c1ccc2cc(C(C)(C)CP)ccc2c1. The summed E-state index contributed by atoms with van der Waals surface area (Å²) in [6.07, 6.45) is 1.08. The Labute approximate surface area is 119 Å². The Balaban J connectivity index is 2.53. The standard InChI is InChI=1S/C18H25P/c1-17(2,3)15-8-6-14-11-16(18(4,5)12-19)9-7-13(14)10-15/h6-11H,12,19H2,1-5H3. The van der Waals surface area contributed by atoms with Crippen LogP contribution in [0, 0.1) is 0 Å². The van der Waals surface area contributed by atoms with Gasteiger partial charge in [-0.2, -0.15) is 0 Å². The monoisotopic (exact) mass is 272 g/mol. The zero-order valence-corrected chi connectivity index (χ0v) is 13.9. The average molecular weight is 272 g/mol. The molecule has 0 fully saturated rings. The van der Waals surface area contributed by atoms with E-state index in [-0.39, 0.29) is 10.8 Å². The minimum atomic E-state index is 0.214. The summed E-state index contributed by atoms with van der Waals surface area (Å²) < 4.78 is 0. The third-order valence-electron chi connectivity index (χ3n) is 4.00. The molecule has 0 saturated carbocycles. The average Bonchev–Trinajstić information content (AvgIpc) is 2.36. The molecule has 0 aliphatic carbocycles. The van der Waals surface area contributed by atoms with Crippen molar-refractivity contribution in [1.82, 2.24) is 0 Å². The maximum absolute atomic E-state index is 2.86. The molecule has 0 aliphatic rings. The lowest BCUT2D eigenvalue weighted by atomic mass is 9.83. The number of rotatable bonds is 2. The van der Waals surface area contributed by atoms with Gasteiger partial charge in [-0.25, -0.2) is 0 Å². The van der Waals surface area contributed by atoms with Crippen molar-refractivity contribution >= 4 is 20.0 Å². The number of hydrogen-bond acceptors (Lipinski definition) is 0. The van der Waals surface area contributed by atoms with E-state index in [1.165, 1.54) is 21.9 Å². The molecule has 2 aromatic rings. The van der Waals surface area contributed by atoms with E-state index < -0.39 is 0 Å². The second-order valence-electron chi connectivity index (χ2n) is 7.11. The molecule has 2 rings (SSSR count). The van der Waals surface area contributed by atoms with Crippen molar-refractivity contribution in [3.05, 3.63) is 47.5 Å². The fourth-order valence-corrected chi connectivity index (χ4v) is 2.49. The maximum Gasteiger partial charge on any atom is -0.00689 e. The van der Waals surface area contributed by atoms with Crippen molar-refractivity contribution in [2.45, 2.75) is 45.4 Å². The van der Waals surface area contributed by atoms with Crippen molar-refractivity contribution < 1.29 is 0 Å². The van der Waals surface area contributed by atoms with E-state index in [0.717, 1.165) is 6.16 Å². The second kappa shape index (κ2) is 4.91. The molecule has 0 spiro atoms. The minimum absolute atomic E-state index is 0.214. The second-order valence-corrected chi connectivity index (χ2v) is 7.52. The van der Waals surface area contributed by atoms with Crippen LogP contribution in [0.4, 0.5) is 0 Å². The van der Waals surface area contributed by atoms with Gasteiger partial charge in [-0.3, -0.25) is 0 Å². The molecule has 19 heavy (non-hydrogen) atoms. The van der Waals surface area contributed by atoms with Crippen LogP contribution >= 0.6 is 9.24 Å². The van der Waals surface area contributed by atoms with Gasteiger partial charge in [-0.15, -0.1) is 9.24 Å². The van der Waals surface area contributed by atoms with Gasteiger partial charge in [0.1, 0.15) is 0 Å². The van der Waals surface area contributed by atoms with Crippen molar-refractivity contribution in [3.63, 3.8) is 0 Å². The zero-order chi connectivity index (χ0) is 14.3. The van der Waals surface area contributed by atoms with Gasteiger partial charge >= 0.3 is 0 Å². The molecule has 1 atom stereocenters. The molecule has 0 aromatic heterocycles. The molecular formula is C18H25P. The largest absolute Gasteiger partial charge is 0.137 e. The van der Waals surface area contributed by atoms with E-state index in [1.807, 2.05) is 0 Å². The van der Waals surface area contributed by atoms with Crippen LogP contribution in [-0.2, 0) is 10.8 Å². The fraction of sp³-hybridized carbons (Fsp3) is 0.444. The Bertz CT molecular complexity index is 588. The molecule has 1 unspecified atom stereocenters. The maximum atomic E-state index is 2.86. The molecule has 0 radical (unpaired) electrons. The van der Waals surface area contributed by atoms with Crippen molar-refractivity contribution in [3.8, 4) is 0 Å². The third-order valence-corrected chi connectivity index (χ3v) is 5.02. The summed E-state index contributed by atoms with van der Waals surface area (Å²) in [5, 5.41) is 2.69. The fourth-order valence-electron chi connectivity index (χ4n) is 2.25. The Hall–Kier alpha value is -0.870. The highest BCUT2D eigenvalue weighted by atomic mass is 31.0. The molecule has 0 nitrogen and oxygen atoms in total. The van der Waals surface area contributed by atoms with Crippen molar-refractivity contribution in [2.24, 2.45) is 0 Å². The van der Waals surface area contributed by atoms with E-state index in [0.29, 0.717) is 0 Å². The molecule has 0 heterocycles. The molecular weight excluding hydrogens is 247 g/mol. The van der Waals surface area contributed by atoms with E-state index in [2.05, 4.69) is 80.3 Å². The van der Waals surface area contributed by atoms with Gasteiger partial charge in [0.25, 0.3) is 0 Å². The van der Waals surface area contributed by atoms with Crippen LogP contribution in [0.15, 0.2) is 36.4 Å². The molecule has 2 aromatic carbocycles. The van der Waals surface area contributed by atoms with Crippen LogP contribution in [-0.4, -0.2) is 6.16 Å². The molecule has 102 valence electrons. The predicted octanol–water partition coefficient (Wildman–Crippen LogP) is 5.29. The summed E-state index contributed by atoms with van der Waals surface area (Å²) in [4.78, 5) is 0. The van der Waals surface area contributed by atoms with Crippen LogP contribution in [0.3, 0.4) is 0 Å². The van der Waals surface area contributed by atoms with E-state index in [4.69, 9.17) is 0 Å². The highest BCUT2D eigenvalue weighted by Crippen LogP contribution is 2.30. The lowest BCUT2D eigenvalue weighted by Gasteiger charge is -2.24. The highest BCUT2D eigenvalue weighted by molar-refractivity contribution is 7.16. The van der Waals surface area contributed by atoms with Crippen LogP contribution < -0.4 is 0 Å². The first-order chi connectivity index (χ1) is 8.74. The Morgan fingerprint density at radius 1 is 0.789 bits per heavy atom. The van der Waals surface area contributed by atoms with Gasteiger partial charge in [0.15, 0.2) is 0 Å². The van der Waals surface area contributed by atoms with Gasteiger partial charge in [-0.1, -0.05) is 71.0 Å². The first kappa shape index (κ1) is 14.5. The normalized spacial score (nSPS) is 12.9. The Morgan fingerprint density at radius 3 is 1.74 bits per heavy atom. The first-order valence-electron chi connectivity index (χ1n) is 6.99. The number of fused-ring (bicyclic) bond motifs is 1.